The Morgan fingerprint density at radius 2 is 2.06 bits per heavy atom. The highest BCUT2D eigenvalue weighted by atomic mass is 15.1. The van der Waals surface area contributed by atoms with Gasteiger partial charge in [-0.05, 0) is 50.4 Å². The normalized spacial score (nSPS) is 23.9. The van der Waals surface area contributed by atoms with E-state index in [0.717, 1.165) is 18.4 Å². The highest BCUT2D eigenvalue weighted by Crippen LogP contribution is 2.23. The van der Waals surface area contributed by atoms with E-state index in [1.807, 2.05) is 0 Å². The van der Waals surface area contributed by atoms with Crippen molar-refractivity contribution in [2.24, 2.45) is 11.8 Å². The van der Waals surface area contributed by atoms with Crippen molar-refractivity contribution in [1.82, 2.24) is 5.32 Å². The van der Waals surface area contributed by atoms with Crippen LogP contribution in [0.1, 0.15) is 19.4 Å². The van der Waals surface area contributed by atoms with Crippen molar-refractivity contribution in [3.05, 3.63) is 29.8 Å². The molecule has 1 N–H and O–H groups in total. The molecule has 0 amide bonds. The first-order chi connectivity index (χ1) is 8.22. The zero-order chi connectivity index (χ0) is 12.3. The van der Waals surface area contributed by atoms with Crippen molar-refractivity contribution in [3.8, 4) is 0 Å². The van der Waals surface area contributed by atoms with Gasteiger partial charge in [0.05, 0.1) is 0 Å². The smallest absolute Gasteiger partial charge is 0.0395 e. The molecule has 0 radical (unpaired) electrons. The highest BCUT2D eigenvalue weighted by Gasteiger charge is 2.25. The third kappa shape index (κ3) is 2.81. The number of para-hydroxylation sites is 1. The highest BCUT2D eigenvalue weighted by molar-refractivity contribution is 5.52. The molecule has 2 atom stereocenters. The van der Waals surface area contributed by atoms with Crippen molar-refractivity contribution < 1.29 is 0 Å². The number of aryl methyl sites for hydroxylation is 1. The van der Waals surface area contributed by atoms with Gasteiger partial charge < -0.3 is 10.2 Å². The molecule has 0 spiro atoms. The van der Waals surface area contributed by atoms with Crippen LogP contribution in [-0.4, -0.2) is 26.2 Å². The molecule has 1 aromatic rings. The van der Waals surface area contributed by atoms with Crippen LogP contribution < -0.4 is 10.2 Å². The Bertz CT molecular complexity index is 362. The van der Waals surface area contributed by atoms with E-state index in [4.69, 9.17) is 0 Å². The van der Waals surface area contributed by atoms with Gasteiger partial charge >= 0.3 is 0 Å². The summed E-state index contributed by atoms with van der Waals surface area (Å²) in [6.45, 7) is 11.4. The summed E-state index contributed by atoms with van der Waals surface area (Å²) in [5.41, 5.74) is 2.78. The monoisotopic (exact) mass is 232 g/mol. The predicted molar refractivity (Wildman–Crippen MR) is 74.6 cm³/mol. The van der Waals surface area contributed by atoms with Gasteiger partial charge in [0.2, 0.25) is 0 Å². The van der Waals surface area contributed by atoms with Crippen LogP contribution in [0.15, 0.2) is 24.3 Å². The van der Waals surface area contributed by atoms with E-state index in [-0.39, 0.29) is 0 Å². The minimum absolute atomic E-state index is 0.787. The largest absolute Gasteiger partial charge is 0.371 e. The molecule has 2 heteroatoms. The minimum Gasteiger partial charge on any atom is -0.371 e. The molecular formula is C15H24N2. The van der Waals surface area contributed by atoms with Crippen LogP contribution in [-0.2, 0) is 0 Å². The summed E-state index contributed by atoms with van der Waals surface area (Å²) in [6.07, 6.45) is 0. The van der Waals surface area contributed by atoms with Gasteiger partial charge in [-0.25, -0.2) is 0 Å². The van der Waals surface area contributed by atoms with E-state index in [1.165, 1.54) is 30.9 Å². The second-order valence-electron chi connectivity index (χ2n) is 5.22. The van der Waals surface area contributed by atoms with Gasteiger partial charge in [-0.3, -0.25) is 0 Å². The van der Waals surface area contributed by atoms with E-state index in [2.05, 4.69) is 55.3 Å². The number of rotatable bonds is 4. The molecule has 0 aliphatic carbocycles. The van der Waals surface area contributed by atoms with Crippen LogP contribution in [0.3, 0.4) is 0 Å². The first kappa shape index (κ1) is 12.4. The lowest BCUT2D eigenvalue weighted by Gasteiger charge is -2.29. The van der Waals surface area contributed by atoms with Crippen LogP contribution in [0.4, 0.5) is 5.69 Å². The average molecular weight is 232 g/mol. The van der Waals surface area contributed by atoms with Crippen LogP contribution in [0.5, 0.6) is 0 Å². The molecule has 1 fully saturated rings. The number of nitrogens with one attached hydrogen (secondary N) is 1. The lowest BCUT2D eigenvalue weighted by Crippen LogP contribution is -2.32. The molecule has 1 heterocycles. The van der Waals surface area contributed by atoms with Gasteiger partial charge in [-0.15, -0.1) is 0 Å². The summed E-state index contributed by atoms with van der Waals surface area (Å²) in [5, 5.41) is 3.49. The Kier molecular flexibility index (Phi) is 4.06. The molecule has 0 saturated carbocycles. The Balaban J connectivity index is 2.09. The molecule has 2 rings (SSSR count). The van der Waals surface area contributed by atoms with E-state index in [1.54, 1.807) is 0 Å². The molecule has 0 aromatic heterocycles. The van der Waals surface area contributed by atoms with Crippen molar-refractivity contribution in [2.45, 2.75) is 20.8 Å². The second kappa shape index (κ2) is 5.54. The minimum atomic E-state index is 0.787. The summed E-state index contributed by atoms with van der Waals surface area (Å²) in [7, 11) is 0. The van der Waals surface area contributed by atoms with Crippen molar-refractivity contribution >= 4 is 5.69 Å². The fraction of sp³-hybridized carbons (Fsp3) is 0.600. The van der Waals surface area contributed by atoms with Gasteiger partial charge in [0, 0.05) is 18.8 Å². The molecule has 1 saturated heterocycles. The SMILES string of the molecule is CCN(CC1CNCC1C)c1ccccc1C. The van der Waals surface area contributed by atoms with Gasteiger partial charge in [0.1, 0.15) is 0 Å². The maximum absolute atomic E-state index is 3.49. The second-order valence-corrected chi connectivity index (χ2v) is 5.22. The van der Waals surface area contributed by atoms with E-state index >= 15 is 0 Å². The Morgan fingerprint density at radius 3 is 2.65 bits per heavy atom. The lowest BCUT2D eigenvalue weighted by molar-refractivity contribution is 0.449. The van der Waals surface area contributed by atoms with Crippen LogP contribution in [0, 0.1) is 18.8 Å². The summed E-state index contributed by atoms with van der Waals surface area (Å²) >= 11 is 0. The zero-order valence-electron chi connectivity index (χ0n) is 11.2. The molecule has 1 aromatic carbocycles. The number of hydrogen-bond donors (Lipinski definition) is 1. The van der Waals surface area contributed by atoms with Crippen LogP contribution >= 0.6 is 0 Å². The number of hydrogen-bond acceptors (Lipinski definition) is 2. The van der Waals surface area contributed by atoms with E-state index in [0.29, 0.717) is 0 Å². The number of anilines is 1. The summed E-state index contributed by atoms with van der Waals surface area (Å²) < 4.78 is 0. The van der Waals surface area contributed by atoms with Crippen molar-refractivity contribution in [3.63, 3.8) is 0 Å². The third-order valence-corrected chi connectivity index (χ3v) is 3.97. The van der Waals surface area contributed by atoms with Gasteiger partial charge in [0.15, 0.2) is 0 Å². The first-order valence-corrected chi connectivity index (χ1v) is 6.73. The summed E-state index contributed by atoms with van der Waals surface area (Å²) in [5.74, 6) is 1.59. The van der Waals surface area contributed by atoms with Crippen LogP contribution in [0.2, 0.25) is 0 Å². The zero-order valence-corrected chi connectivity index (χ0v) is 11.2. The molecular weight excluding hydrogens is 208 g/mol. The Hall–Kier alpha value is -1.02. The number of nitrogens with zero attached hydrogens (tertiary/aromatic N) is 1. The standard InChI is InChI=1S/C15H24N2/c1-4-17(11-14-10-16-9-13(14)3)15-8-6-5-7-12(15)2/h5-8,13-14,16H,4,9-11H2,1-3H3. The van der Waals surface area contributed by atoms with Crippen LogP contribution in [0.25, 0.3) is 0 Å². The van der Waals surface area contributed by atoms with Gasteiger partial charge in [-0.2, -0.15) is 0 Å². The summed E-state index contributed by atoms with van der Waals surface area (Å²) in [6, 6.07) is 8.70. The molecule has 17 heavy (non-hydrogen) atoms. The fourth-order valence-corrected chi connectivity index (χ4v) is 2.71. The van der Waals surface area contributed by atoms with Crippen molar-refractivity contribution in [2.75, 3.05) is 31.1 Å². The molecule has 0 bridgehead atoms. The predicted octanol–water partition coefficient (Wildman–Crippen LogP) is 2.68. The molecule has 1 aliphatic heterocycles. The summed E-state index contributed by atoms with van der Waals surface area (Å²) in [4.78, 5) is 2.52. The maximum Gasteiger partial charge on any atom is 0.0395 e. The fourth-order valence-electron chi connectivity index (χ4n) is 2.71. The van der Waals surface area contributed by atoms with E-state index in [9.17, 15) is 0 Å². The molecule has 1 aliphatic rings. The molecule has 2 nitrogen and oxygen atoms in total. The van der Waals surface area contributed by atoms with Gasteiger partial charge in [-0.1, -0.05) is 25.1 Å². The third-order valence-electron chi connectivity index (χ3n) is 3.97. The van der Waals surface area contributed by atoms with Crippen molar-refractivity contribution in [1.29, 1.82) is 0 Å². The molecule has 94 valence electrons. The quantitative estimate of drug-likeness (QED) is 0.858. The van der Waals surface area contributed by atoms with Gasteiger partial charge in [0.25, 0.3) is 0 Å². The lowest BCUT2D eigenvalue weighted by atomic mass is 9.97. The topological polar surface area (TPSA) is 15.3 Å². The van der Waals surface area contributed by atoms with E-state index < -0.39 is 0 Å². The molecule has 2 unspecified atom stereocenters. The maximum atomic E-state index is 3.49. The average Bonchev–Trinajstić information content (AvgIpc) is 2.73. The first-order valence-electron chi connectivity index (χ1n) is 6.73. The Morgan fingerprint density at radius 1 is 1.29 bits per heavy atom. The Labute approximate surface area is 105 Å². The number of benzene rings is 1.